The lowest BCUT2D eigenvalue weighted by Crippen LogP contribution is -2.53. The lowest BCUT2D eigenvalue weighted by atomic mass is 9.84. The van der Waals surface area contributed by atoms with Gasteiger partial charge in [0.05, 0.1) is 10.4 Å². The Labute approximate surface area is 133 Å². The van der Waals surface area contributed by atoms with E-state index in [1.165, 1.54) is 5.56 Å². The predicted molar refractivity (Wildman–Crippen MR) is 92.2 cm³/mol. The van der Waals surface area contributed by atoms with E-state index in [4.69, 9.17) is 18.0 Å². The van der Waals surface area contributed by atoms with E-state index in [0.717, 1.165) is 12.8 Å². The topological polar surface area (TPSA) is 55.1 Å². The van der Waals surface area contributed by atoms with Gasteiger partial charge in [-0.1, -0.05) is 49.5 Å². The Hall–Kier alpha value is -1.42. The second kappa shape index (κ2) is 7.03. The fourth-order valence-electron chi connectivity index (χ4n) is 2.06. The van der Waals surface area contributed by atoms with Crippen molar-refractivity contribution in [2.45, 2.75) is 52.5 Å². The minimum Gasteiger partial charge on any atom is -0.392 e. The van der Waals surface area contributed by atoms with Gasteiger partial charge in [0, 0.05) is 5.54 Å². The maximum absolute atomic E-state index is 12.5. The number of amides is 1. The minimum atomic E-state index is -0.778. The summed E-state index contributed by atoms with van der Waals surface area (Å²) in [5.74, 6) is -0.0874. The molecule has 0 radical (unpaired) electrons. The molecule has 0 saturated heterocycles. The maximum atomic E-state index is 12.5. The van der Waals surface area contributed by atoms with Gasteiger partial charge in [0.1, 0.15) is 0 Å². The van der Waals surface area contributed by atoms with Crippen molar-refractivity contribution in [3.8, 4) is 0 Å². The summed E-state index contributed by atoms with van der Waals surface area (Å²) >= 11 is 5.05. The summed E-state index contributed by atoms with van der Waals surface area (Å²) in [6, 6.07) is 10.3. The van der Waals surface area contributed by atoms with Crippen LogP contribution in [0, 0.1) is 5.41 Å². The van der Waals surface area contributed by atoms with Gasteiger partial charge in [-0.3, -0.25) is 4.79 Å². The van der Waals surface area contributed by atoms with Crippen LogP contribution in [0.2, 0.25) is 0 Å². The first kappa shape index (κ1) is 17.6. The highest BCUT2D eigenvalue weighted by molar-refractivity contribution is 7.80. The van der Waals surface area contributed by atoms with Crippen LogP contribution in [0.25, 0.3) is 0 Å². The number of benzene rings is 1. The number of rotatable bonds is 7. The van der Waals surface area contributed by atoms with Gasteiger partial charge >= 0.3 is 0 Å². The van der Waals surface area contributed by atoms with Gasteiger partial charge in [-0.05, 0) is 45.6 Å². The lowest BCUT2D eigenvalue weighted by molar-refractivity contribution is -0.128. The minimum absolute atomic E-state index is 0.0874. The molecule has 1 amide bonds. The fourth-order valence-corrected chi connectivity index (χ4v) is 2.29. The summed E-state index contributed by atoms with van der Waals surface area (Å²) in [5.41, 5.74) is 5.93. The van der Waals surface area contributed by atoms with Crippen LogP contribution in [-0.2, 0) is 11.2 Å². The monoisotopic (exact) mass is 306 g/mol. The third-order valence-electron chi connectivity index (χ3n) is 4.09. The highest BCUT2D eigenvalue weighted by Gasteiger charge is 2.37. The third kappa shape index (κ3) is 4.81. The molecule has 4 heteroatoms. The molecule has 1 rings (SSSR count). The molecule has 1 unspecified atom stereocenters. The number of nitrogens with two attached hydrogens (primary N) is 1. The van der Waals surface area contributed by atoms with Crippen LogP contribution in [0.4, 0.5) is 0 Å². The molecule has 0 bridgehead atoms. The van der Waals surface area contributed by atoms with Crippen molar-refractivity contribution < 1.29 is 4.79 Å². The Morgan fingerprint density at radius 3 is 2.29 bits per heavy atom. The van der Waals surface area contributed by atoms with Crippen LogP contribution < -0.4 is 11.1 Å². The molecule has 0 aliphatic heterocycles. The van der Waals surface area contributed by atoms with Crippen molar-refractivity contribution in [1.82, 2.24) is 5.32 Å². The average Bonchev–Trinajstić information content (AvgIpc) is 2.44. The van der Waals surface area contributed by atoms with E-state index in [1.807, 2.05) is 39.0 Å². The van der Waals surface area contributed by atoms with Gasteiger partial charge in [-0.15, -0.1) is 0 Å². The molecule has 1 aromatic carbocycles. The van der Waals surface area contributed by atoms with E-state index in [-0.39, 0.29) is 16.4 Å². The highest BCUT2D eigenvalue weighted by Crippen LogP contribution is 2.24. The molecule has 116 valence electrons. The number of thiocarbonyl (C=S) groups is 1. The van der Waals surface area contributed by atoms with E-state index < -0.39 is 5.41 Å². The van der Waals surface area contributed by atoms with Crippen LogP contribution in [0.15, 0.2) is 30.3 Å². The molecular formula is C17H26N2OS. The molecule has 0 spiro atoms. The zero-order valence-corrected chi connectivity index (χ0v) is 14.2. The Morgan fingerprint density at radius 1 is 1.24 bits per heavy atom. The summed E-state index contributed by atoms with van der Waals surface area (Å²) in [5, 5.41) is 3.09. The van der Waals surface area contributed by atoms with Crippen molar-refractivity contribution >= 4 is 23.1 Å². The zero-order chi connectivity index (χ0) is 16.1. The highest BCUT2D eigenvalue weighted by atomic mass is 32.1. The summed E-state index contributed by atoms with van der Waals surface area (Å²) in [4.78, 5) is 12.7. The number of hydrogen-bond acceptors (Lipinski definition) is 2. The summed E-state index contributed by atoms with van der Waals surface area (Å²) in [7, 11) is 0. The average molecular weight is 306 g/mol. The zero-order valence-electron chi connectivity index (χ0n) is 13.4. The molecule has 0 saturated carbocycles. The van der Waals surface area contributed by atoms with Gasteiger partial charge in [-0.25, -0.2) is 0 Å². The van der Waals surface area contributed by atoms with E-state index in [2.05, 4.69) is 17.4 Å². The molecule has 0 aromatic heterocycles. The van der Waals surface area contributed by atoms with Crippen LogP contribution >= 0.6 is 12.2 Å². The number of carbonyl (C=O) groups excluding carboxylic acids is 1. The van der Waals surface area contributed by atoms with Gasteiger partial charge in [0.2, 0.25) is 5.91 Å². The van der Waals surface area contributed by atoms with Crippen LogP contribution in [-0.4, -0.2) is 16.4 Å². The standard InChI is InChI=1S/C17H26N2OS/c1-5-17(4,14(18)21)15(20)19-16(2,3)12-11-13-9-7-6-8-10-13/h6-10H,5,11-12H2,1-4H3,(H2,18,21)(H,19,20). The first-order valence-electron chi connectivity index (χ1n) is 7.38. The van der Waals surface area contributed by atoms with Crippen LogP contribution in [0.5, 0.6) is 0 Å². The molecule has 1 aromatic rings. The Balaban J connectivity index is 2.67. The molecule has 0 aliphatic rings. The Bertz CT molecular complexity index is 499. The van der Waals surface area contributed by atoms with Gasteiger partial charge in [0.25, 0.3) is 0 Å². The van der Waals surface area contributed by atoms with Gasteiger partial charge < -0.3 is 11.1 Å². The fraction of sp³-hybridized carbons (Fsp3) is 0.529. The second-order valence-electron chi connectivity index (χ2n) is 6.37. The molecule has 0 heterocycles. The Kier molecular flexibility index (Phi) is 5.90. The van der Waals surface area contributed by atoms with E-state index in [9.17, 15) is 4.79 Å². The second-order valence-corrected chi connectivity index (χ2v) is 6.81. The van der Waals surface area contributed by atoms with Crippen molar-refractivity contribution in [3.05, 3.63) is 35.9 Å². The molecule has 21 heavy (non-hydrogen) atoms. The molecule has 0 aliphatic carbocycles. The van der Waals surface area contributed by atoms with Gasteiger partial charge in [0.15, 0.2) is 0 Å². The lowest BCUT2D eigenvalue weighted by Gasteiger charge is -2.33. The van der Waals surface area contributed by atoms with E-state index in [0.29, 0.717) is 6.42 Å². The van der Waals surface area contributed by atoms with Crippen LogP contribution in [0.1, 0.15) is 46.1 Å². The number of carbonyl (C=O) groups is 1. The smallest absolute Gasteiger partial charge is 0.233 e. The summed E-state index contributed by atoms with van der Waals surface area (Å²) < 4.78 is 0. The number of nitrogens with one attached hydrogen (secondary N) is 1. The van der Waals surface area contributed by atoms with E-state index in [1.54, 1.807) is 6.92 Å². The first-order chi connectivity index (χ1) is 9.71. The van der Waals surface area contributed by atoms with Crippen molar-refractivity contribution in [2.24, 2.45) is 11.1 Å². The van der Waals surface area contributed by atoms with Crippen LogP contribution in [0.3, 0.4) is 0 Å². The van der Waals surface area contributed by atoms with Crippen molar-refractivity contribution in [1.29, 1.82) is 0 Å². The third-order valence-corrected chi connectivity index (χ3v) is 4.54. The molecule has 3 N–H and O–H groups in total. The number of hydrogen-bond donors (Lipinski definition) is 2. The SMILES string of the molecule is CCC(C)(C(=O)NC(C)(C)CCc1ccccc1)C(N)=S. The first-order valence-corrected chi connectivity index (χ1v) is 7.78. The quantitative estimate of drug-likeness (QED) is 0.761. The summed E-state index contributed by atoms with van der Waals surface area (Å²) in [6.07, 6.45) is 2.38. The predicted octanol–water partition coefficient (Wildman–Crippen LogP) is 3.22. The van der Waals surface area contributed by atoms with Crippen molar-refractivity contribution in [2.75, 3.05) is 0 Å². The molecule has 0 fully saturated rings. The van der Waals surface area contributed by atoms with Gasteiger partial charge in [-0.2, -0.15) is 0 Å². The molecular weight excluding hydrogens is 280 g/mol. The largest absolute Gasteiger partial charge is 0.392 e. The van der Waals surface area contributed by atoms with Crippen molar-refractivity contribution in [3.63, 3.8) is 0 Å². The molecule has 3 nitrogen and oxygen atoms in total. The maximum Gasteiger partial charge on any atom is 0.233 e. The normalized spacial score (nSPS) is 14.3. The number of aryl methyl sites for hydroxylation is 1. The van der Waals surface area contributed by atoms with E-state index >= 15 is 0 Å². The summed E-state index contributed by atoms with van der Waals surface area (Å²) in [6.45, 7) is 7.79. The molecule has 1 atom stereocenters. The Morgan fingerprint density at radius 2 is 1.81 bits per heavy atom.